The molecule has 0 unspecified atom stereocenters. The highest BCUT2D eigenvalue weighted by Crippen LogP contribution is 2.25. The van der Waals surface area contributed by atoms with Crippen LogP contribution in [0, 0.1) is 5.92 Å². The van der Waals surface area contributed by atoms with Crippen molar-refractivity contribution in [2.45, 2.75) is 31.7 Å². The number of hydrogen-bond donors (Lipinski definition) is 1. The molecule has 3 heterocycles. The van der Waals surface area contributed by atoms with Gasteiger partial charge in [-0.25, -0.2) is 9.97 Å². The fraction of sp³-hybridized carbons (Fsp3) is 0.706. The lowest BCUT2D eigenvalue weighted by Gasteiger charge is -2.33. The topological polar surface area (TPSA) is 61.4 Å². The van der Waals surface area contributed by atoms with Crippen molar-refractivity contribution in [3.05, 3.63) is 12.4 Å². The highest BCUT2D eigenvalue weighted by molar-refractivity contribution is 7.99. The first-order valence-corrected chi connectivity index (χ1v) is 10.1. The fourth-order valence-electron chi connectivity index (χ4n) is 3.35. The Labute approximate surface area is 147 Å². The maximum atomic E-state index is 12.1. The molecule has 6 nitrogen and oxygen atoms in total. The summed E-state index contributed by atoms with van der Waals surface area (Å²) in [5.74, 6) is 3.58. The van der Waals surface area contributed by atoms with Crippen LogP contribution in [-0.2, 0) is 4.79 Å². The van der Waals surface area contributed by atoms with E-state index >= 15 is 0 Å². The minimum atomic E-state index is 0.174. The Kier molecular flexibility index (Phi) is 4.78. The number of thioether (sulfide) groups is 1. The predicted octanol–water partition coefficient (Wildman–Crippen LogP) is 1.52. The van der Waals surface area contributed by atoms with Crippen LogP contribution in [0.3, 0.4) is 0 Å². The van der Waals surface area contributed by atoms with Crippen LogP contribution >= 0.6 is 11.8 Å². The Bertz CT molecular complexity index is 563. The van der Waals surface area contributed by atoms with E-state index < -0.39 is 0 Å². The van der Waals surface area contributed by atoms with Crippen molar-refractivity contribution in [2.75, 3.05) is 47.5 Å². The lowest BCUT2D eigenvalue weighted by Crippen LogP contribution is -2.41. The number of rotatable bonds is 4. The molecule has 4 rings (SSSR count). The SMILES string of the molecule is O=C(NC1CC1)C1CCN(c2cnc(N3CCSCC3)nc2)CC1. The van der Waals surface area contributed by atoms with Crippen molar-refractivity contribution in [1.82, 2.24) is 15.3 Å². The number of carbonyl (C=O) groups excluding carboxylic acids is 1. The smallest absolute Gasteiger partial charge is 0.225 e. The van der Waals surface area contributed by atoms with E-state index in [1.54, 1.807) is 0 Å². The third-order valence-electron chi connectivity index (χ3n) is 5.07. The molecule has 2 aliphatic heterocycles. The van der Waals surface area contributed by atoms with E-state index in [9.17, 15) is 4.79 Å². The summed E-state index contributed by atoms with van der Waals surface area (Å²) >= 11 is 1.99. The van der Waals surface area contributed by atoms with Crippen molar-refractivity contribution in [3.63, 3.8) is 0 Å². The first kappa shape index (κ1) is 16.0. The van der Waals surface area contributed by atoms with Gasteiger partial charge in [-0.05, 0) is 25.7 Å². The molecule has 1 saturated carbocycles. The summed E-state index contributed by atoms with van der Waals surface area (Å²) in [6.45, 7) is 3.88. The zero-order chi connectivity index (χ0) is 16.4. The summed E-state index contributed by atoms with van der Waals surface area (Å²) in [4.78, 5) is 25.8. The van der Waals surface area contributed by atoms with Crippen LogP contribution < -0.4 is 15.1 Å². The molecule has 130 valence electrons. The number of nitrogens with one attached hydrogen (secondary N) is 1. The lowest BCUT2D eigenvalue weighted by atomic mass is 9.95. The van der Waals surface area contributed by atoms with E-state index in [1.165, 1.54) is 0 Å². The third kappa shape index (κ3) is 3.77. The van der Waals surface area contributed by atoms with Gasteiger partial charge in [-0.1, -0.05) is 0 Å². The van der Waals surface area contributed by atoms with Crippen LogP contribution in [0.15, 0.2) is 12.4 Å². The molecule has 0 bridgehead atoms. The summed E-state index contributed by atoms with van der Waals surface area (Å²) in [5.41, 5.74) is 1.08. The monoisotopic (exact) mass is 347 g/mol. The average molecular weight is 347 g/mol. The van der Waals surface area contributed by atoms with Crippen molar-refractivity contribution >= 4 is 29.3 Å². The molecule has 24 heavy (non-hydrogen) atoms. The zero-order valence-electron chi connectivity index (χ0n) is 14.0. The Morgan fingerprint density at radius 3 is 2.29 bits per heavy atom. The van der Waals surface area contributed by atoms with Crippen molar-refractivity contribution in [1.29, 1.82) is 0 Å². The fourth-order valence-corrected chi connectivity index (χ4v) is 4.25. The standard InChI is InChI=1S/C17H25N5OS/c23-16(20-14-1-2-14)13-3-5-21(6-4-13)15-11-18-17(19-12-15)22-7-9-24-10-8-22/h11-14H,1-10H2,(H,20,23). The van der Waals surface area contributed by atoms with Gasteiger partial charge in [-0.3, -0.25) is 4.79 Å². The number of aromatic nitrogens is 2. The molecule has 1 aromatic heterocycles. The van der Waals surface area contributed by atoms with Crippen LogP contribution in [0.5, 0.6) is 0 Å². The number of nitrogens with zero attached hydrogens (tertiary/aromatic N) is 4. The normalized spacial score (nSPS) is 22.5. The predicted molar refractivity (Wildman–Crippen MR) is 97.7 cm³/mol. The highest BCUT2D eigenvalue weighted by Gasteiger charge is 2.30. The van der Waals surface area contributed by atoms with E-state index in [1.807, 2.05) is 24.2 Å². The second-order valence-corrected chi connectivity index (χ2v) is 8.11. The van der Waals surface area contributed by atoms with Crippen molar-refractivity contribution in [3.8, 4) is 0 Å². The van der Waals surface area contributed by atoms with Crippen LogP contribution in [0.2, 0.25) is 0 Å². The number of piperidine rings is 1. The minimum Gasteiger partial charge on any atom is -0.369 e. The van der Waals surface area contributed by atoms with Crippen LogP contribution in [0.25, 0.3) is 0 Å². The number of amides is 1. The van der Waals surface area contributed by atoms with Gasteiger partial charge in [-0.2, -0.15) is 11.8 Å². The highest BCUT2D eigenvalue weighted by atomic mass is 32.2. The second kappa shape index (κ2) is 7.17. The molecule has 1 aromatic rings. The van der Waals surface area contributed by atoms with Gasteiger partial charge in [0.05, 0.1) is 18.1 Å². The summed E-state index contributed by atoms with van der Waals surface area (Å²) < 4.78 is 0. The minimum absolute atomic E-state index is 0.174. The van der Waals surface area contributed by atoms with Crippen LogP contribution in [0.1, 0.15) is 25.7 Å². The molecule has 2 saturated heterocycles. The molecule has 3 fully saturated rings. The quantitative estimate of drug-likeness (QED) is 0.891. The molecular formula is C17H25N5OS. The van der Waals surface area contributed by atoms with E-state index in [0.29, 0.717) is 6.04 Å². The molecule has 0 spiro atoms. The third-order valence-corrected chi connectivity index (χ3v) is 6.02. The van der Waals surface area contributed by atoms with E-state index in [-0.39, 0.29) is 11.8 Å². The van der Waals surface area contributed by atoms with Gasteiger partial charge in [0.1, 0.15) is 0 Å². The molecular weight excluding hydrogens is 322 g/mol. The van der Waals surface area contributed by atoms with Gasteiger partial charge in [0, 0.05) is 49.6 Å². The maximum absolute atomic E-state index is 12.1. The van der Waals surface area contributed by atoms with Crippen molar-refractivity contribution in [2.24, 2.45) is 5.92 Å². The van der Waals surface area contributed by atoms with Gasteiger partial charge in [0.25, 0.3) is 0 Å². The molecule has 3 aliphatic rings. The summed E-state index contributed by atoms with van der Waals surface area (Å²) in [7, 11) is 0. The van der Waals surface area contributed by atoms with Gasteiger partial charge < -0.3 is 15.1 Å². The first-order valence-electron chi connectivity index (χ1n) is 8.99. The largest absolute Gasteiger partial charge is 0.369 e. The molecule has 0 radical (unpaired) electrons. The van der Waals surface area contributed by atoms with Gasteiger partial charge >= 0.3 is 0 Å². The summed E-state index contributed by atoms with van der Waals surface area (Å²) in [6.07, 6.45) is 8.03. The van der Waals surface area contributed by atoms with Gasteiger partial charge in [0.2, 0.25) is 11.9 Å². The summed E-state index contributed by atoms with van der Waals surface area (Å²) in [6, 6.07) is 0.463. The van der Waals surface area contributed by atoms with E-state index in [0.717, 1.165) is 75.0 Å². The molecule has 0 atom stereocenters. The van der Waals surface area contributed by atoms with E-state index in [4.69, 9.17) is 0 Å². The van der Waals surface area contributed by atoms with Crippen LogP contribution in [0.4, 0.5) is 11.6 Å². The lowest BCUT2D eigenvalue weighted by molar-refractivity contribution is -0.125. The summed E-state index contributed by atoms with van der Waals surface area (Å²) in [5, 5.41) is 3.13. The van der Waals surface area contributed by atoms with Crippen LogP contribution in [-0.4, -0.2) is 59.6 Å². The Morgan fingerprint density at radius 2 is 1.67 bits per heavy atom. The van der Waals surface area contributed by atoms with Crippen molar-refractivity contribution < 1.29 is 4.79 Å². The number of carbonyl (C=O) groups is 1. The van der Waals surface area contributed by atoms with Gasteiger partial charge in [0.15, 0.2) is 0 Å². The number of hydrogen-bond acceptors (Lipinski definition) is 6. The molecule has 1 N–H and O–H groups in total. The number of anilines is 2. The Balaban J connectivity index is 1.31. The second-order valence-electron chi connectivity index (χ2n) is 6.88. The van der Waals surface area contributed by atoms with Gasteiger partial charge in [-0.15, -0.1) is 0 Å². The zero-order valence-corrected chi connectivity index (χ0v) is 14.8. The molecule has 7 heteroatoms. The maximum Gasteiger partial charge on any atom is 0.225 e. The first-order chi connectivity index (χ1) is 11.8. The average Bonchev–Trinajstić information content (AvgIpc) is 3.47. The molecule has 0 aromatic carbocycles. The van der Waals surface area contributed by atoms with E-state index in [2.05, 4.69) is 25.1 Å². The molecule has 1 aliphatic carbocycles. The molecule has 1 amide bonds. The Morgan fingerprint density at radius 1 is 1.00 bits per heavy atom. The Hall–Kier alpha value is -1.50.